The van der Waals surface area contributed by atoms with Crippen molar-refractivity contribution >= 4 is 5.71 Å². The zero-order chi connectivity index (χ0) is 16.5. The molecule has 0 aliphatic carbocycles. The molecule has 0 bridgehead atoms. The summed E-state index contributed by atoms with van der Waals surface area (Å²) in [4.78, 5) is 4.58. The zero-order valence-electron chi connectivity index (χ0n) is 13.1. The quantitative estimate of drug-likeness (QED) is 0.794. The van der Waals surface area contributed by atoms with Crippen molar-refractivity contribution < 1.29 is 28.8 Å². The van der Waals surface area contributed by atoms with Crippen molar-refractivity contribution in [2.24, 2.45) is 4.99 Å². The molecule has 1 unspecified atom stereocenters. The third-order valence-electron chi connectivity index (χ3n) is 4.90. The number of rotatable bonds is 0. The van der Waals surface area contributed by atoms with Crippen molar-refractivity contribution in [1.82, 2.24) is 0 Å². The molecule has 6 rings (SSSR count). The standard InChI is InChI=1S/C18H13NO6/c20-14-9-1-2-10-16(23-6-21-10)15(9)25-18-12-8(3-4-19-13(12)14)5-11-17(18)24-7-22-11/h1-2,5,14,20H,3-4,6-7H2. The number of hydrogen-bond donors (Lipinski definition) is 1. The highest BCUT2D eigenvalue weighted by molar-refractivity contribution is 6.10. The van der Waals surface area contributed by atoms with Crippen LogP contribution in [0.2, 0.25) is 0 Å². The maximum Gasteiger partial charge on any atom is 0.231 e. The van der Waals surface area contributed by atoms with E-state index in [-0.39, 0.29) is 13.6 Å². The highest BCUT2D eigenvalue weighted by Crippen LogP contribution is 2.55. The smallest absolute Gasteiger partial charge is 0.231 e. The highest BCUT2D eigenvalue weighted by Gasteiger charge is 2.39. The van der Waals surface area contributed by atoms with Crippen molar-refractivity contribution in [3.05, 3.63) is 34.9 Å². The number of hydrogen-bond acceptors (Lipinski definition) is 7. The molecule has 7 nitrogen and oxygen atoms in total. The lowest BCUT2D eigenvalue weighted by Gasteiger charge is -2.20. The monoisotopic (exact) mass is 339 g/mol. The van der Waals surface area contributed by atoms with E-state index in [0.717, 1.165) is 17.5 Å². The van der Waals surface area contributed by atoms with Crippen LogP contribution in [0.15, 0.2) is 23.2 Å². The van der Waals surface area contributed by atoms with Crippen molar-refractivity contribution in [2.75, 3.05) is 20.1 Å². The number of aliphatic hydroxyl groups excluding tert-OH is 1. The fourth-order valence-electron chi connectivity index (χ4n) is 3.77. The Labute approximate surface area is 142 Å². The van der Waals surface area contributed by atoms with Gasteiger partial charge in [-0.25, -0.2) is 0 Å². The van der Waals surface area contributed by atoms with E-state index in [2.05, 4.69) is 4.99 Å². The van der Waals surface area contributed by atoms with E-state index < -0.39 is 6.10 Å². The van der Waals surface area contributed by atoms with Gasteiger partial charge in [0.25, 0.3) is 0 Å². The first-order chi connectivity index (χ1) is 12.3. The fourth-order valence-corrected chi connectivity index (χ4v) is 3.77. The van der Waals surface area contributed by atoms with E-state index in [1.54, 1.807) is 12.1 Å². The minimum Gasteiger partial charge on any atom is -0.453 e. The maximum absolute atomic E-state index is 11.0. The van der Waals surface area contributed by atoms with Gasteiger partial charge in [-0.3, -0.25) is 4.99 Å². The Hall–Kier alpha value is -2.93. The van der Waals surface area contributed by atoms with Gasteiger partial charge in [0.15, 0.2) is 23.0 Å². The Morgan fingerprint density at radius 2 is 1.72 bits per heavy atom. The summed E-state index contributed by atoms with van der Waals surface area (Å²) < 4.78 is 28.5. The molecule has 4 aliphatic heterocycles. The molecule has 0 saturated carbocycles. The molecule has 0 fully saturated rings. The second-order valence-electron chi connectivity index (χ2n) is 6.21. The largest absolute Gasteiger partial charge is 0.453 e. The summed E-state index contributed by atoms with van der Waals surface area (Å²) >= 11 is 0. The predicted molar refractivity (Wildman–Crippen MR) is 85.3 cm³/mol. The van der Waals surface area contributed by atoms with Crippen molar-refractivity contribution in [3.63, 3.8) is 0 Å². The molecular weight excluding hydrogens is 326 g/mol. The third-order valence-corrected chi connectivity index (χ3v) is 4.90. The topological polar surface area (TPSA) is 78.7 Å². The van der Waals surface area contributed by atoms with Crippen molar-refractivity contribution in [2.45, 2.75) is 12.5 Å². The minimum absolute atomic E-state index is 0.122. The van der Waals surface area contributed by atoms with Gasteiger partial charge in [-0.2, -0.15) is 0 Å². The molecule has 25 heavy (non-hydrogen) atoms. The molecule has 126 valence electrons. The summed E-state index contributed by atoms with van der Waals surface area (Å²) in [6, 6.07) is 5.51. The van der Waals surface area contributed by atoms with E-state index in [1.165, 1.54) is 0 Å². The lowest BCUT2D eigenvalue weighted by Crippen LogP contribution is -2.19. The minimum atomic E-state index is -0.912. The van der Waals surface area contributed by atoms with Gasteiger partial charge >= 0.3 is 0 Å². The van der Waals surface area contributed by atoms with Gasteiger partial charge in [-0.15, -0.1) is 0 Å². The number of benzene rings is 2. The Bertz CT molecular complexity index is 967. The molecule has 4 aliphatic rings. The number of fused-ring (bicyclic) bond motifs is 5. The van der Waals surface area contributed by atoms with Gasteiger partial charge in [-0.1, -0.05) is 0 Å². The number of ether oxygens (including phenoxy) is 5. The molecule has 0 radical (unpaired) electrons. The summed E-state index contributed by atoms with van der Waals surface area (Å²) in [5.74, 6) is 3.22. The van der Waals surface area contributed by atoms with Crippen LogP contribution >= 0.6 is 0 Å². The Morgan fingerprint density at radius 3 is 2.60 bits per heavy atom. The summed E-state index contributed by atoms with van der Waals surface area (Å²) in [5, 5.41) is 11.0. The molecule has 0 spiro atoms. The van der Waals surface area contributed by atoms with Gasteiger partial charge < -0.3 is 28.8 Å². The summed E-state index contributed by atoms with van der Waals surface area (Å²) in [6.07, 6.45) is -0.155. The van der Waals surface area contributed by atoms with E-state index in [0.29, 0.717) is 52.3 Å². The van der Waals surface area contributed by atoms with Crippen molar-refractivity contribution in [3.8, 4) is 34.5 Å². The average molecular weight is 339 g/mol. The van der Waals surface area contributed by atoms with E-state index in [1.807, 2.05) is 6.07 Å². The second-order valence-corrected chi connectivity index (χ2v) is 6.21. The Morgan fingerprint density at radius 1 is 0.920 bits per heavy atom. The predicted octanol–water partition coefficient (Wildman–Crippen LogP) is 2.33. The molecular formula is C18H13NO6. The Balaban J connectivity index is 1.68. The molecule has 2 aromatic carbocycles. The first-order valence-electron chi connectivity index (χ1n) is 8.10. The zero-order valence-corrected chi connectivity index (χ0v) is 13.1. The van der Waals surface area contributed by atoms with Crippen LogP contribution in [0.1, 0.15) is 22.8 Å². The van der Waals surface area contributed by atoms with Crippen LogP contribution in [0.4, 0.5) is 0 Å². The lowest BCUT2D eigenvalue weighted by atomic mass is 9.91. The number of aliphatic hydroxyl groups is 1. The molecule has 0 amide bonds. The van der Waals surface area contributed by atoms with Crippen molar-refractivity contribution in [1.29, 1.82) is 0 Å². The van der Waals surface area contributed by atoms with Gasteiger partial charge in [0, 0.05) is 17.7 Å². The SMILES string of the molecule is OC1C2=NCCc3cc4c(c(c32)Oc2c1ccc1c2OCO1)OCO4. The molecule has 7 heteroatoms. The van der Waals surface area contributed by atoms with E-state index >= 15 is 0 Å². The maximum atomic E-state index is 11.0. The molecule has 0 saturated heterocycles. The van der Waals surface area contributed by atoms with Crippen LogP contribution in [0, 0.1) is 0 Å². The van der Waals surface area contributed by atoms with Crippen LogP contribution in [0.5, 0.6) is 34.5 Å². The summed E-state index contributed by atoms with van der Waals surface area (Å²) in [7, 11) is 0. The lowest BCUT2D eigenvalue weighted by molar-refractivity contribution is 0.169. The summed E-state index contributed by atoms with van der Waals surface area (Å²) in [6.45, 7) is 0.873. The van der Waals surface area contributed by atoms with E-state index in [4.69, 9.17) is 23.7 Å². The molecule has 2 aromatic rings. The third kappa shape index (κ3) is 1.65. The average Bonchev–Trinajstić information content (AvgIpc) is 3.27. The normalized spacial score (nSPS) is 21.0. The summed E-state index contributed by atoms with van der Waals surface area (Å²) in [5.41, 5.74) is 3.00. The second kappa shape index (κ2) is 4.58. The van der Waals surface area contributed by atoms with Crippen LogP contribution in [0.3, 0.4) is 0 Å². The van der Waals surface area contributed by atoms with Gasteiger partial charge in [-0.05, 0) is 30.2 Å². The van der Waals surface area contributed by atoms with Gasteiger partial charge in [0.2, 0.25) is 25.1 Å². The first kappa shape index (κ1) is 13.4. The van der Waals surface area contributed by atoms with Crippen LogP contribution in [-0.4, -0.2) is 30.9 Å². The Kier molecular flexibility index (Phi) is 2.45. The first-order valence-corrected chi connectivity index (χ1v) is 8.10. The van der Waals surface area contributed by atoms with Crippen LogP contribution < -0.4 is 23.7 Å². The van der Waals surface area contributed by atoms with Crippen LogP contribution in [-0.2, 0) is 6.42 Å². The highest BCUT2D eigenvalue weighted by atomic mass is 16.7. The fraction of sp³-hybridized carbons (Fsp3) is 0.278. The number of nitrogens with zero attached hydrogens (tertiary/aromatic N) is 1. The molecule has 4 heterocycles. The molecule has 1 atom stereocenters. The molecule has 0 aromatic heterocycles. The van der Waals surface area contributed by atoms with Crippen LogP contribution in [0.25, 0.3) is 0 Å². The van der Waals surface area contributed by atoms with E-state index in [9.17, 15) is 5.11 Å². The number of aliphatic imine (C=N–C) groups is 1. The van der Waals surface area contributed by atoms with Gasteiger partial charge in [0.1, 0.15) is 6.10 Å². The molecule has 1 N–H and O–H groups in total. The van der Waals surface area contributed by atoms with Gasteiger partial charge in [0.05, 0.1) is 5.71 Å².